The van der Waals surface area contributed by atoms with Gasteiger partial charge >= 0.3 is 6.18 Å². The van der Waals surface area contributed by atoms with Crippen LogP contribution >= 0.6 is 0 Å². The summed E-state index contributed by atoms with van der Waals surface area (Å²) in [5.41, 5.74) is -1.81. The zero-order chi connectivity index (χ0) is 25.0. The molecule has 3 heterocycles. The molecule has 0 amide bonds. The van der Waals surface area contributed by atoms with Crippen LogP contribution in [0.1, 0.15) is 56.7 Å². The van der Waals surface area contributed by atoms with E-state index in [0.717, 1.165) is 11.6 Å². The van der Waals surface area contributed by atoms with Crippen molar-refractivity contribution in [2.75, 3.05) is 6.61 Å². The van der Waals surface area contributed by atoms with Crippen molar-refractivity contribution in [3.63, 3.8) is 0 Å². The quantitative estimate of drug-likeness (QED) is 0.502. The van der Waals surface area contributed by atoms with Gasteiger partial charge in [0.15, 0.2) is 0 Å². The minimum Gasteiger partial charge on any atom is -0.492 e. The first-order valence-corrected chi connectivity index (χ1v) is 11.8. The van der Waals surface area contributed by atoms with Crippen LogP contribution in [0.5, 0.6) is 5.75 Å². The van der Waals surface area contributed by atoms with Gasteiger partial charge in [0, 0.05) is 36.6 Å². The predicted octanol–water partition coefficient (Wildman–Crippen LogP) is 3.94. The Labute approximate surface area is 201 Å². The molecule has 1 aliphatic carbocycles. The predicted molar refractivity (Wildman–Crippen MR) is 123 cm³/mol. The lowest BCUT2D eigenvalue weighted by Crippen LogP contribution is -2.53. The Hall–Kier alpha value is -2.69. The summed E-state index contributed by atoms with van der Waals surface area (Å²) in [5, 5.41) is 24.7. The first-order valence-electron chi connectivity index (χ1n) is 11.8. The van der Waals surface area contributed by atoms with Gasteiger partial charge in [-0.3, -0.25) is 4.98 Å². The van der Waals surface area contributed by atoms with Crippen LogP contribution in [-0.4, -0.2) is 49.0 Å². The number of aliphatic hydroxyl groups is 2. The van der Waals surface area contributed by atoms with Crippen LogP contribution in [-0.2, 0) is 11.8 Å². The molecule has 0 radical (unpaired) electrons. The number of halogens is 3. The molecule has 5 rings (SSSR count). The molecular formula is C25H29F3N4O3. The second kappa shape index (κ2) is 8.46. The zero-order valence-corrected chi connectivity index (χ0v) is 19.6. The number of pyridine rings is 1. The van der Waals surface area contributed by atoms with Gasteiger partial charge in [-0.2, -0.15) is 13.2 Å². The first kappa shape index (κ1) is 24.0. The van der Waals surface area contributed by atoms with Crippen LogP contribution in [0.2, 0.25) is 0 Å². The van der Waals surface area contributed by atoms with Gasteiger partial charge in [-0.15, -0.1) is 0 Å². The largest absolute Gasteiger partial charge is 0.492 e. The monoisotopic (exact) mass is 490 g/mol. The molecule has 3 N–H and O–H groups in total. The summed E-state index contributed by atoms with van der Waals surface area (Å²) >= 11 is 0. The van der Waals surface area contributed by atoms with Gasteiger partial charge in [0.25, 0.3) is 0 Å². The number of hydrogen-bond donors (Lipinski definition) is 3. The highest BCUT2D eigenvalue weighted by atomic mass is 19.4. The summed E-state index contributed by atoms with van der Waals surface area (Å²) in [5.74, 6) is 0.0724. The molecule has 2 aromatic heterocycles. The van der Waals surface area contributed by atoms with Gasteiger partial charge in [0.1, 0.15) is 12.4 Å². The second-order valence-electron chi connectivity index (χ2n) is 10.3. The van der Waals surface area contributed by atoms with Crippen molar-refractivity contribution < 1.29 is 28.1 Å². The number of imidazole rings is 1. The number of benzene rings is 1. The summed E-state index contributed by atoms with van der Waals surface area (Å²) in [7, 11) is 0. The van der Waals surface area contributed by atoms with Crippen LogP contribution < -0.4 is 10.1 Å². The van der Waals surface area contributed by atoms with E-state index in [0.29, 0.717) is 25.7 Å². The van der Waals surface area contributed by atoms with Gasteiger partial charge in [0.05, 0.1) is 34.1 Å². The molecule has 1 saturated heterocycles. The molecule has 1 aliphatic heterocycles. The Kier molecular flexibility index (Phi) is 5.81. The molecule has 0 spiro atoms. The fraction of sp³-hybridized carbons (Fsp3) is 0.520. The molecule has 3 atom stereocenters. The fourth-order valence-electron chi connectivity index (χ4n) is 5.59. The van der Waals surface area contributed by atoms with E-state index in [1.807, 2.05) is 6.92 Å². The van der Waals surface area contributed by atoms with E-state index in [4.69, 9.17) is 4.74 Å². The maximum atomic E-state index is 14.0. The molecule has 10 heteroatoms. The maximum absolute atomic E-state index is 14.0. The van der Waals surface area contributed by atoms with E-state index < -0.39 is 22.9 Å². The highest BCUT2D eigenvalue weighted by Crippen LogP contribution is 2.45. The second-order valence-corrected chi connectivity index (χ2v) is 10.3. The van der Waals surface area contributed by atoms with Gasteiger partial charge in [-0.25, -0.2) is 4.98 Å². The molecule has 1 saturated carbocycles. The van der Waals surface area contributed by atoms with E-state index in [2.05, 4.69) is 15.3 Å². The Balaban J connectivity index is 1.38. The molecular weight excluding hydrogens is 461 g/mol. The number of ether oxygens (including phenoxy) is 1. The van der Waals surface area contributed by atoms with Gasteiger partial charge in [0.2, 0.25) is 0 Å². The van der Waals surface area contributed by atoms with Crippen LogP contribution in [0, 0.1) is 0 Å². The normalized spacial score (nSPS) is 31.3. The van der Waals surface area contributed by atoms with Crippen LogP contribution in [0.25, 0.3) is 11.0 Å². The summed E-state index contributed by atoms with van der Waals surface area (Å²) < 4.78 is 49.4. The third kappa shape index (κ3) is 4.74. The standard InChI is InChI=1S/C25H29F3N4O3/c1-15-9-24(34,16-3-5-29-6-4-16)10-17(31-15)13-35-19-7-20(25(26,27)28)22-21(8-19)30-14-32(22)18-11-23(2,33)12-18/h3-8,14-15,17-18,31,33-34H,9-13H2,1-2H3/t15-,17-,18?,23?,24-/m0/s1. The highest BCUT2D eigenvalue weighted by molar-refractivity contribution is 5.82. The molecule has 2 aliphatic rings. The Morgan fingerprint density at radius 3 is 2.51 bits per heavy atom. The number of alkyl halides is 3. The highest BCUT2D eigenvalue weighted by Gasteiger charge is 2.43. The van der Waals surface area contributed by atoms with Crippen LogP contribution in [0.3, 0.4) is 0 Å². The number of nitrogens with one attached hydrogen (secondary N) is 1. The van der Waals surface area contributed by atoms with Gasteiger partial charge in [-0.1, -0.05) is 0 Å². The topological polar surface area (TPSA) is 92.4 Å². The fourth-order valence-corrected chi connectivity index (χ4v) is 5.59. The van der Waals surface area contributed by atoms with Crippen molar-refractivity contribution in [3.05, 3.63) is 54.1 Å². The van der Waals surface area contributed by atoms with E-state index >= 15 is 0 Å². The van der Waals surface area contributed by atoms with Crippen LogP contribution in [0.4, 0.5) is 13.2 Å². The Bertz CT molecular complexity index is 1210. The smallest absolute Gasteiger partial charge is 0.418 e. The SMILES string of the molecule is C[C@H]1C[C@@](O)(c2ccncc2)C[C@@H](COc2cc(C(F)(F)F)c3c(c2)ncn3C2CC(C)(O)C2)N1. The number of hydrogen-bond acceptors (Lipinski definition) is 6. The lowest BCUT2D eigenvalue weighted by atomic mass is 9.77. The average molecular weight is 491 g/mol. The Morgan fingerprint density at radius 2 is 1.86 bits per heavy atom. The number of piperidine rings is 1. The van der Waals surface area contributed by atoms with E-state index in [1.54, 1.807) is 31.5 Å². The van der Waals surface area contributed by atoms with Crippen molar-refractivity contribution in [1.29, 1.82) is 0 Å². The lowest BCUT2D eigenvalue weighted by molar-refractivity contribution is -0.136. The number of nitrogens with zero attached hydrogens (tertiary/aromatic N) is 3. The van der Waals surface area contributed by atoms with E-state index in [1.165, 1.54) is 17.0 Å². The maximum Gasteiger partial charge on any atom is 0.418 e. The molecule has 35 heavy (non-hydrogen) atoms. The zero-order valence-electron chi connectivity index (χ0n) is 19.6. The molecule has 3 aromatic rings. The summed E-state index contributed by atoms with van der Waals surface area (Å²) in [4.78, 5) is 8.22. The third-order valence-electron chi connectivity index (χ3n) is 7.11. The van der Waals surface area contributed by atoms with E-state index in [-0.39, 0.29) is 41.5 Å². The molecule has 0 bridgehead atoms. The summed E-state index contributed by atoms with van der Waals surface area (Å²) in [6.07, 6.45) is 1.67. The molecule has 0 unspecified atom stereocenters. The number of rotatable bonds is 5. The van der Waals surface area contributed by atoms with Gasteiger partial charge < -0.3 is 24.8 Å². The molecule has 188 valence electrons. The molecule has 2 fully saturated rings. The minimum atomic E-state index is -4.60. The van der Waals surface area contributed by atoms with Crippen molar-refractivity contribution in [1.82, 2.24) is 19.9 Å². The lowest BCUT2D eigenvalue weighted by Gasteiger charge is -2.42. The summed E-state index contributed by atoms with van der Waals surface area (Å²) in [6, 6.07) is 5.56. The number of aromatic nitrogens is 3. The average Bonchev–Trinajstić information content (AvgIpc) is 3.18. The van der Waals surface area contributed by atoms with Crippen molar-refractivity contribution in [2.24, 2.45) is 0 Å². The van der Waals surface area contributed by atoms with Crippen molar-refractivity contribution in [3.8, 4) is 5.75 Å². The molecule has 1 aromatic carbocycles. The third-order valence-corrected chi connectivity index (χ3v) is 7.11. The van der Waals surface area contributed by atoms with Gasteiger partial charge in [-0.05, 0) is 63.3 Å². The number of fused-ring (bicyclic) bond motifs is 1. The van der Waals surface area contributed by atoms with Crippen molar-refractivity contribution >= 4 is 11.0 Å². The first-order chi connectivity index (χ1) is 16.4. The van der Waals surface area contributed by atoms with E-state index in [9.17, 15) is 23.4 Å². The molecule has 7 nitrogen and oxygen atoms in total. The van der Waals surface area contributed by atoms with Crippen molar-refractivity contribution in [2.45, 2.75) is 75.0 Å². The van der Waals surface area contributed by atoms with Crippen LogP contribution in [0.15, 0.2) is 43.0 Å². The minimum absolute atomic E-state index is 0.00169. The summed E-state index contributed by atoms with van der Waals surface area (Å²) in [6.45, 7) is 3.72. The Morgan fingerprint density at radius 1 is 1.14 bits per heavy atom.